The molecule has 1 saturated heterocycles. The Morgan fingerprint density at radius 1 is 1.32 bits per heavy atom. The van der Waals surface area contributed by atoms with E-state index in [4.69, 9.17) is 4.74 Å². The quantitative estimate of drug-likeness (QED) is 0.776. The fourth-order valence-electron chi connectivity index (χ4n) is 2.40. The molecule has 1 aromatic heterocycles. The van der Waals surface area contributed by atoms with Crippen molar-refractivity contribution in [3.8, 4) is 0 Å². The summed E-state index contributed by atoms with van der Waals surface area (Å²) in [5.74, 6) is 1.01. The Morgan fingerprint density at radius 2 is 2.05 bits per heavy atom. The number of benzene rings is 1. The molecule has 0 aliphatic carbocycles. The molecule has 1 fully saturated rings. The summed E-state index contributed by atoms with van der Waals surface area (Å²) >= 11 is 0. The summed E-state index contributed by atoms with van der Waals surface area (Å²) in [5, 5.41) is 0. The van der Waals surface area contributed by atoms with Crippen molar-refractivity contribution < 1.29 is 9.53 Å². The number of aryl methyl sites for hydroxylation is 2. The number of ether oxygens (including phenoxy) is 1. The van der Waals surface area contributed by atoms with Gasteiger partial charge in [0.2, 0.25) is 0 Å². The molecule has 2 aromatic rings. The molecule has 5 nitrogen and oxygen atoms in total. The highest BCUT2D eigenvalue weighted by molar-refractivity contribution is 5.97. The lowest BCUT2D eigenvalue weighted by Gasteiger charge is -2.26. The number of nitrogens with zero attached hydrogens (tertiary/aromatic N) is 3. The van der Waals surface area contributed by atoms with E-state index in [0.717, 1.165) is 16.9 Å². The third-order valence-electron chi connectivity index (χ3n) is 3.65. The molecule has 0 saturated carbocycles. The number of fused-ring (bicyclic) bond motifs is 1. The Kier molecular flexibility index (Phi) is 2.98. The van der Waals surface area contributed by atoms with Crippen molar-refractivity contribution >= 4 is 16.9 Å². The monoisotopic (exact) mass is 259 g/mol. The van der Waals surface area contributed by atoms with Crippen molar-refractivity contribution in [2.75, 3.05) is 26.3 Å². The Morgan fingerprint density at radius 3 is 2.79 bits per heavy atom. The minimum atomic E-state index is 0.0634. The number of rotatable bonds is 1. The van der Waals surface area contributed by atoms with Gasteiger partial charge in [0.1, 0.15) is 5.82 Å². The maximum atomic E-state index is 12.4. The second-order valence-corrected chi connectivity index (χ2v) is 4.83. The average molecular weight is 259 g/mol. The molecule has 2 heterocycles. The number of hydrogen-bond donors (Lipinski definition) is 0. The van der Waals surface area contributed by atoms with Gasteiger partial charge in [0.05, 0.1) is 24.2 Å². The van der Waals surface area contributed by atoms with Crippen LogP contribution in [0.3, 0.4) is 0 Å². The Balaban J connectivity index is 1.94. The van der Waals surface area contributed by atoms with Crippen LogP contribution < -0.4 is 0 Å². The molecule has 0 bridgehead atoms. The molecule has 1 amide bonds. The third-order valence-corrected chi connectivity index (χ3v) is 3.65. The smallest absolute Gasteiger partial charge is 0.254 e. The van der Waals surface area contributed by atoms with Crippen LogP contribution in [-0.4, -0.2) is 46.7 Å². The van der Waals surface area contributed by atoms with Crippen LogP contribution in [0.15, 0.2) is 18.2 Å². The number of carbonyl (C=O) groups is 1. The summed E-state index contributed by atoms with van der Waals surface area (Å²) < 4.78 is 7.29. The van der Waals surface area contributed by atoms with Gasteiger partial charge >= 0.3 is 0 Å². The number of imidazole rings is 1. The van der Waals surface area contributed by atoms with Gasteiger partial charge in [0.15, 0.2) is 0 Å². The van der Waals surface area contributed by atoms with E-state index in [0.29, 0.717) is 31.9 Å². The first-order valence-electron chi connectivity index (χ1n) is 6.47. The summed E-state index contributed by atoms with van der Waals surface area (Å²) in [6.45, 7) is 4.53. The van der Waals surface area contributed by atoms with Crippen LogP contribution in [0.1, 0.15) is 16.2 Å². The molecule has 19 heavy (non-hydrogen) atoms. The number of aromatic nitrogens is 2. The predicted molar refractivity (Wildman–Crippen MR) is 72.2 cm³/mol. The second-order valence-electron chi connectivity index (χ2n) is 4.83. The van der Waals surface area contributed by atoms with Gasteiger partial charge in [-0.2, -0.15) is 0 Å². The Hall–Kier alpha value is -1.88. The van der Waals surface area contributed by atoms with Gasteiger partial charge in [0.25, 0.3) is 5.91 Å². The van der Waals surface area contributed by atoms with Gasteiger partial charge in [-0.3, -0.25) is 4.79 Å². The molecule has 1 aromatic carbocycles. The van der Waals surface area contributed by atoms with Crippen molar-refractivity contribution in [1.29, 1.82) is 0 Å². The first-order valence-corrected chi connectivity index (χ1v) is 6.47. The van der Waals surface area contributed by atoms with E-state index in [1.165, 1.54) is 0 Å². The van der Waals surface area contributed by atoms with E-state index < -0.39 is 0 Å². The lowest BCUT2D eigenvalue weighted by molar-refractivity contribution is 0.0303. The molecular weight excluding hydrogens is 242 g/mol. The summed E-state index contributed by atoms with van der Waals surface area (Å²) in [7, 11) is 1.98. The molecule has 0 spiro atoms. The number of hydrogen-bond acceptors (Lipinski definition) is 3. The molecule has 100 valence electrons. The molecular formula is C14H17N3O2. The van der Waals surface area contributed by atoms with Crippen molar-refractivity contribution in [3.05, 3.63) is 29.6 Å². The minimum Gasteiger partial charge on any atom is -0.378 e. The molecule has 0 radical (unpaired) electrons. The third kappa shape index (κ3) is 2.10. The standard InChI is InChI=1S/C14H17N3O2/c1-10-15-12-9-11(3-4-13(12)16(10)2)14(18)17-5-7-19-8-6-17/h3-4,9H,5-8H2,1-2H3. The van der Waals surface area contributed by atoms with E-state index in [1.54, 1.807) is 0 Å². The van der Waals surface area contributed by atoms with Crippen LogP contribution in [0.5, 0.6) is 0 Å². The SMILES string of the molecule is Cc1nc2cc(C(=O)N3CCOCC3)ccc2n1C. The van der Waals surface area contributed by atoms with E-state index in [1.807, 2.05) is 41.6 Å². The summed E-state index contributed by atoms with van der Waals surface area (Å²) in [4.78, 5) is 18.7. The van der Waals surface area contributed by atoms with E-state index in [-0.39, 0.29) is 5.91 Å². The maximum absolute atomic E-state index is 12.4. The number of carbonyl (C=O) groups excluding carboxylic acids is 1. The highest BCUT2D eigenvalue weighted by Gasteiger charge is 2.19. The van der Waals surface area contributed by atoms with Crippen molar-refractivity contribution in [2.24, 2.45) is 7.05 Å². The molecule has 0 N–H and O–H groups in total. The zero-order chi connectivity index (χ0) is 13.4. The van der Waals surface area contributed by atoms with Crippen LogP contribution >= 0.6 is 0 Å². The Labute approximate surface area is 111 Å². The molecule has 1 aliphatic rings. The van der Waals surface area contributed by atoms with Gasteiger partial charge in [-0.1, -0.05) is 0 Å². The van der Waals surface area contributed by atoms with Gasteiger partial charge < -0.3 is 14.2 Å². The van der Waals surface area contributed by atoms with E-state index >= 15 is 0 Å². The molecule has 0 unspecified atom stereocenters. The topological polar surface area (TPSA) is 47.4 Å². The van der Waals surface area contributed by atoms with Crippen molar-refractivity contribution in [1.82, 2.24) is 14.5 Å². The van der Waals surface area contributed by atoms with Crippen LogP contribution in [0.4, 0.5) is 0 Å². The fraction of sp³-hybridized carbons (Fsp3) is 0.429. The maximum Gasteiger partial charge on any atom is 0.254 e. The first-order chi connectivity index (χ1) is 9.16. The normalized spacial score (nSPS) is 16.0. The van der Waals surface area contributed by atoms with Crippen LogP contribution in [0.25, 0.3) is 11.0 Å². The van der Waals surface area contributed by atoms with E-state index in [9.17, 15) is 4.79 Å². The van der Waals surface area contributed by atoms with Gasteiger partial charge in [-0.25, -0.2) is 4.98 Å². The number of morpholine rings is 1. The van der Waals surface area contributed by atoms with Crippen molar-refractivity contribution in [3.63, 3.8) is 0 Å². The lowest BCUT2D eigenvalue weighted by Crippen LogP contribution is -2.40. The largest absolute Gasteiger partial charge is 0.378 e. The zero-order valence-electron chi connectivity index (χ0n) is 11.2. The first kappa shape index (κ1) is 12.2. The summed E-state index contributed by atoms with van der Waals surface area (Å²) in [6.07, 6.45) is 0. The fourth-order valence-corrected chi connectivity index (χ4v) is 2.40. The molecule has 1 aliphatic heterocycles. The Bertz CT molecular complexity index is 627. The number of amides is 1. The van der Waals surface area contributed by atoms with Crippen LogP contribution in [0.2, 0.25) is 0 Å². The van der Waals surface area contributed by atoms with Crippen molar-refractivity contribution in [2.45, 2.75) is 6.92 Å². The zero-order valence-corrected chi connectivity index (χ0v) is 11.2. The van der Waals surface area contributed by atoms with E-state index in [2.05, 4.69) is 4.98 Å². The highest BCUT2D eigenvalue weighted by atomic mass is 16.5. The lowest BCUT2D eigenvalue weighted by atomic mass is 10.1. The second kappa shape index (κ2) is 4.66. The minimum absolute atomic E-state index is 0.0634. The highest BCUT2D eigenvalue weighted by Crippen LogP contribution is 2.17. The molecule has 5 heteroatoms. The summed E-state index contributed by atoms with van der Waals surface area (Å²) in [5.41, 5.74) is 2.63. The van der Waals surface area contributed by atoms with Crippen LogP contribution in [-0.2, 0) is 11.8 Å². The molecule has 0 atom stereocenters. The predicted octanol–water partition coefficient (Wildman–Crippen LogP) is 1.35. The van der Waals surface area contributed by atoms with Gasteiger partial charge in [-0.15, -0.1) is 0 Å². The molecule has 3 rings (SSSR count). The van der Waals surface area contributed by atoms with Gasteiger partial charge in [0, 0.05) is 25.7 Å². The average Bonchev–Trinajstić information content (AvgIpc) is 2.74. The van der Waals surface area contributed by atoms with Gasteiger partial charge in [-0.05, 0) is 25.1 Å². The van der Waals surface area contributed by atoms with Crippen LogP contribution in [0, 0.1) is 6.92 Å². The summed E-state index contributed by atoms with van der Waals surface area (Å²) in [6, 6.07) is 5.71.